The summed E-state index contributed by atoms with van der Waals surface area (Å²) in [7, 11) is 0. The number of nitro groups is 1. The first-order valence-electron chi connectivity index (χ1n) is 6.15. The lowest BCUT2D eigenvalue weighted by Gasteiger charge is -2.17. The maximum Gasteiger partial charge on any atom is 0.333 e. The Morgan fingerprint density at radius 2 is 2.32 bits per heavy atom. The molecule has 1 N–H and O–H groups in total. The molecule has 1 fully saturated rings. The number of rotatable bonds is 4. The van der Waals surface area contributed by atoms with Crippen LogP contribution in [0, 0.1) is 23.0 Å². The van der Waals surface area contributed by atoms with Gasteiger partial charge in [-0.25, -0.2) is 4.68 Å². The first-order valence-corrected chi connectivity index (χ1v) is 6.15. The van der Waals surface area contributed by atoms with Crippen LogP contribution >= 0.6 is 0 Å². The van der Waals surface area contributed by atoms with Gasteiger partial charge >= 0.3 is 11.7 Å². The van der Waals surface area contributed by atoms with Crippen LogP contribution in [-0.4, -0.2) is 38.9 Å². The molecule has 1 aromatic heterocycles. The van der Waals surface area contributed by atoms with Crippen LogP contribution in [0.3, 0.4) is 0 Å². The van der Waals surface area contributed by atoms with Crippen molar-refractivity contribution in [2.75, 3.05) is 18.0 Å². The van der Waals surface area contributed by atoms with Gasteiger partial charge in [-0.1, -0.05) is 0 Å². The van der Waals surface area contributed by atoms with E-state index in [9.17, 15) is 14.9 Å². The Balaban J connectivity index is 2.39. The maximum atomic E-state index is 11.2. The van der Waals surface area contributed by atoms with Crippen LogP contribution in [0.25, 0.3) is 0 Å². The van der Waals surface area contributed by atoms with E-state index in [1.54, 1.807) is 16.5 Å². The fourth-order valence-electron chi connectivity index (χ4n) is 2.46. The molecule has 2 heterocycles. The van der Waals surface area contributed by atoms with Crippen molar-refractivity contribution < 1.29 is 14.8 Å². The smallest absolute Gasteiger partial charge is 0.333 e. The number of carboxylic acid groups (broad SMARTS) is 1. The van der Waals surface area contributed by atoms with Crippen molar-refractivity contribution in [3.63, 3.8) is 0 Å². The van der Waals surface area contributed by atoms with E-state index in [4.69, 9.17) is 5.11 Å². The molecule has 0 amide bonds. The van der Waals surface area contributed by atoms with E-state index in [0.29, 0.717) is 37.6 Å². The lowest BCUT2D eigenvalue weighted by atomic mass is 10.1. The van der Waals surface area contributed by atoms with Crippen LogP contribution in [0.4, 0.5) is 11.5 Å². The summed E-state index contributed by atoms with van der Waals surface area (Å²) in [5.41, 5.74) is 0.341. The van der Waals surface area contributed by atoms with Gasteiger partial charge in [-0.05, 0) is 20.3 Å². The summed E-state index contributed by atoms with van der Waals surface area (Å²) in [6, 6.07) is 0. The highest BCUT2D eigenvalue weighted by Gasteiger charge is 2.35. The fourth-order valence-corrected chi connectivity index (χ4v) is 2.46. The minimum absolute atomic E-state index is 0.0205. The molecule has 19 heavy (non-hydrogen) atoms. The predicted octanol–water partition coefficient (Wildman–Crippen LogP) is 1.03. The van der Waals surface area contributed by atoms with Gasteiger partial charge in [-0.3, -0.25) is 14.9 Å². The van der Waals surface area contributed by atoms with E-state index in [1.807, 2.05) is 6.92 Å². The first kappa shape index (κ1) is 13.3. The zero-order chi connectivity index (χ0) is 14.2. The van der Waals surface area contributed by atoms with Crippen molar-refractivity contribution in [3.05, 3.63) is 15.8 Å². The molecule has 0 bridgehead atoms. The Bertz CT molecular complexity index is 525. The van der Waals surface area contributed by atoms with Crippen molar-refractivity contribution in [3.8, 4) is 0 Å². The highest BCUT2D eigenvalue weighted by molar-refractivity contribution is 5.73. The maximum absolute atomic E-state index is 11.2. The second kappa shape index (κ2) is 4.87. The van der Waals surface area contributed by atoms with Gasteiger partial charge in [0.2, 0.25) is 5.82 Å². The van der Waals surface area contributed by atoms with E-state index >= 15 is 0 Å². The summed E-state index contributed by atoms with van der Waals surface area (Å²) in [4.78, 5) is 23.4. The van der Waals surface area contributed by atoms with E-state index in [-0.39, 0.29) is 5.69 Å². The molecule has 1 saturated heterocycles. The normalized spacial score (nSPS) is 18.8. The van der Waals surface area contributed by atoms with Crippen LogP contribution in [0.15, 0.2) is 0 Å². The number of hydrogen-bond acceptors (Lipinski definition) is 5. The third-order valence-electron chi connectivity index (χ3n) is 3.39. The highest BCUT2D eigenvalue weighted by atomic mass is 16.6. The molecule has 0 aliphatic carbocycles. The number of aryl methyl sites for hydroxylation is 2. The quantitative estimate of drug-likeness (QED) is 0.646. The predicted molar refractivity (Wildman–Crippen MR) is 67.2 cm³/mol. The van der Waals surface area contributed by atoms with E-state index in [2.05, 4.69) is 5.10 Å². The molecule has 0 radical (unpaired) electrons. The van der Waals surface area contributed by atoms with E-state index in [0.717, 1.165) is 0 Å². The molecule has 1 atom stereocenters. The average Bonchev–Trinajstić information content (AvgIpc) is 2.91. The van der Waals surface area contributed by atoms with Crippen LogP contribution in [0.5, 0.6) is 0 Å². The third kappa shape index (κ3) is 2.25. The van der Waals surface area contributed by atoms with Gasteiger partial charge in [0.05, 0.1) is 10.8 Å². The second-order valence-corrected chi connectivity index (χ2v) is 4.60. The van der Waals surface area contributed by atoms with E-state index in [1.165, 1.54) is 0 Å². The molecule has 2 rings (SSSR count). The van der Waals surface area contributed by atoms with E-state index < -0.39 is 16.8 Å². The van der Waals surface area contributed by atoms with Crippen molar-refractivity contribution in [1.29, 1.82) is 0 Å². The van der Waals surface area contributed by atoms with Crippen molar-refractivity contribution in [1.82, 2.24) is 9.78 Å². The van der Waals surface area contributed by atoms with Gasteiger partial charge < -0.3 is 10.0 Å². The summed E-state index contributed by atoms with van der Waals surface area (Å²) in [6.45, 7) is 4.76. The fraction of sp³-hybridized carbons (Fsp3) is 0.636. The van der Waals surface area contributed by atoms with Gasteiger partial charge in [0.25, 0.3) is 0 Å². The number of hydrogen-bond donors (Lipinski definition) is 1. The summed E-state index contributed by atoms with van der Waals surface area (Å²) in [5, 5.41) is 24.3. The van der Waals surface area contributed by atoms with Crippen LogP contribution in [0.1, 0.15) is 19.0 Å². The zero-order valence-corrected chi connectivity index (χ0v) is 10.9. The van der Waals surface area contributed by atoms with Gasteiger partial charge in [0.1, 0.15) is 5.69 Å². The summed E-state index contributed by atoms with van der Waals surface area (Å²) < 4.78 is 1.57. The lowest BCUT2D eigenvalue weighted by Crippen LogP contribution is -2.25. The molecule has 8 nitrogen and oxygen atoms in total. The molecule has 8 heteroatoms. The van der Waals surface area contributed by atoms with Crippen LogP contribution < -0.4 is 4.90 Å². The summed E-state index contributed by atoms with van der Waals surface area (Å²) in [5.74, 6) is -0.904. The lowest BCUT2D eigenvalue weighted by molar-refractivity contribution is -0.384. The average molecular weight is 268 g/mol. The molecule has 0 saturated carbocycles. The molecular weight excluding hydrogens is 252 g/mol. The number of carbonyl (C=O) groups is 1. The van der Waals surface area contributed by atoms with Gasteiger partial charge in [-0.15, -0.1) is 0 Å². The number of carboxylic acids is 1. The molecule has 0 aromatic carbocycles. The first-order chi connectivity index (χ1) is 8.95. The monoisotopic (exact) mass is 268 g/mol. The molecule has 104 valence electrons. The van der Waals surface area contributed by atoms with Crippen LogP contribution in [0.2, 0.25) is 0 Å². The van der Waals surface area contributed by atoms with Gasteiger partial charge in [0, 0.05) is 19.6 Å². The Labute approximate surface area is 109 Å². The Hall–Kier alpha value is -2.12. The largest absolute Gasteiger partial charge is 0.481 e. The SMILES string of the molecule is CCn1nc(C)c([N+](=O)[O-])c1N1CCC(C(=O)O)C1. The van der Waals surface area contributed by atoms with Crippen molar-refractivity contribution >= 4 is 17.5 Å². The summed E-state index contributed by atoms with van der Waals surface area (Å²) in [6.07, 6.45) is 0.500. The zero-order valence-electron chi connectivity index (χ0n) is 10.9. The third-order valence-corrected chi connectivity index (χ3v) is 3.39. The Kier molecular flexibility index (Phi) is 3.41. The number of aromatic nitrogens is 2. The Morgan fingerprint density at radius 3 is 2.79 bits per heavy atom. The standard InChI is InChI=1S/C11H16N4O4/c1-3-14-10(9(15(18)19)7(2)12-14)13-5-4-8(6-13)11(16)17/h8H,3-6H2,1-2H3,(H,16,17). The summed E-state index contributed by atoms with van der Waals surface area (Å²) >= 11 is 0. The van der Waals surface area contributed by atoms with Crippen molar-refractivity contribution in [2.45, 2.75) is 26.8 Å². The Morgan fingerprint density at radius 1 is 1.63 bits per heavy atom. The van der Waals surface area contributed by atoms with Crippen molar-refractivity contribution in [2.24, 2.45) is 5.92 Å². The molecular formula is C11H16N4O4. The minimum Gasteiger partial charge on any atom is -0.481 e. The molecule has 1 aliphatic rings. The van der Waals surface area contributed by atoms with Crippen LogP contribution in [-0.2, 0) is 11.3 Å². The molecule has 1 aromatic rings. The second-order valence-electron chi connectivity index (χ2n) is 4.60. The number of anilines is 1. The van der Waals surface area contributed by atoms with Gasteiger partial charge in [0.15, 0.2) is 0 Å². The molecule has 1 unspecified atom stereocenters. The topological polar surface area (TPSA) is 101 Å². The highest BCUT2D eigenvalue weighted by Crippen LogP contribution is 2.34. The van der Waals surface area contributed by atoms with Gasteiger partial charge in [-0.2, -0.15) is 5.10 Å². The minimum atomic E-state index is -0.857. The number of aliphatic carboxylic acids is 1. The number of nitrogens with zero attached hydrogens (tertiary/aromatic N) is 4. The molecule has 0 spiro atoms. The molecule has 1 aliphatic heterocycles.